The molecule has 0 heterocycles. The van der Waals surface area contributed by atoms with Crippen LogP contribution in [0, 0.1) is 0 Å². The number of likely N-dealkylation sites (N-methyl/N-ethyl adjacent to an activating group) is 1. The number of hydrogen-bond donors (Lipinski definition) is 1. The molecule has 1 aliphatic rings. The van der Waals surface area contributed by atoms with E-state index in [4.69, 9.17) is 21.1 Å². The molecule has 1 unspecified atom stereocenters. The molecule has 19 heavy (non-hydrogen) atoms. The number of rotatable bonds is 6. The SMILES string of the molecule is CNC(Cc1cc(Cl)ccc1OC)C1(OC)CCC1. The van der Waals surface area contributed by atoms with Gasteiger partial charge in [-0.2, -0.15) is 0 Å². The highest BCUT2D eigenvalue weighted by molar-refractivity contribution is 6.30. The summed E-state index contributed by atoms with van der Waals surface area (Å²) in [7, 11) is 5.48. The normalized spacial score (nSPS) is 18.7. The van der Waals surface area contributed by atoms with Crippen molar-refractivity contribution in [2.45, 2.75) is 37.3 Å². The first-order valence-corrected chi connectivity index (χ1v) is 7.08. The number of halogens is 1. The maximum absolute atomic E-state index is 6.09. The standard InChI is InChI=1S/C15H22ClNO2/c1-17-14(15(19-3)7-4-8-15)10-11-9-12(16)5-6-13(11)18-2/h5-6,9,14,17H,4,7-8,10H2,1-3H3. The highest BCUT2D eigenvalue weighted by Crippen LogP contribution is 2.40. The van der Waals surface area contributed by atoms with Crippen LogP contribution >= 0.6 is 11.6 Å². The Bertz CT molecular complexity index is 427. The number of nitrogens with one attached hydrogen (secondary N) is 1. The van der Waals surface area contributed by atoms with Crippen molar-refractivity contribution in [1.82, 2.24) is 5.32 Å². The molecule has 106 valence electrons. The molecule has 0 spiro atoms. The van der Waals surface area contributed by atoms with E-state index >= 15 is 0 Å². The molecule has 0 aromatic heterocycles. The van der Waals surface area contributed by atoms with Crippen LogP contribution in [-0.4, -0.2) is 32.9 Å². The van der Waals surface area contributed by atoms with Crippen LogP contribution in [0.2, 0.25) is 5.02 Å². The van der Waals surface area contributed by atoms with Crippen molar-refractivity contribution in [2.24, 2.45) is 0 Å². The lowest BCUT2D eigenvalue weighted by Gasteiger charge is -2.46. The highest BCUT2D eigenvalue weighted by atomic mass is 35.5. The molecule has 1 aromatic rings. The molecule has 3 nitrogen and oxygen atoms in total. The minimum atomic E-state index is -0.0396. The largest absolute Gasteiger partial charge is 0.496 e. The summed E-state index contributed by atoms with van der Waals surface area (Å²) in [4.78, 5) is 0. The minimum Gasteiger partial charge on any atom is -0.496 e. The lowest BCUT2D eigenvalue weighted by atomic mass is 9.72. The quantitative estimate of drug-likeness (QED) is 0.870. The first kappa shape index (κ1) is 14.6. The van der Waals surface area contributed by atoms with Crippen molar-refractivity contribution in [1.29, 1.82) is 0 Å². The molecular formula is C15H22ClNO2. The van der Waals surface area contributed by atoms with Crippen molar-refractivity contribution in [3.63, 3.8) is 0 Å². The van der Waals surface area contributed by atoms with E-state index in [9.17, 15) is 0 Å². The van der Waals surface area contributed by atoms with Crippen LogP contribution < -0.4 is 10.1 Å². The first-order chi connectivity index (χ1) is 9.15. The van der Waals surface area contributed by atoms with E-state index in [1.807, 2.05) is 25.2 Å². The third-order valence-electron chi connectivity index (χ3n) is 4.26. The van der Waals surface area contributed by atoms with Gasteiger partial charge in [-0.1, -0.05) is 11.6 Å². The van der Waals surface area contributed by atoms with Crippen molar-refractivity contribution in [3.05, 3.63) is 28.8 Å². The van der Waals surface area contributed by atoms with E-state index in [0.29, 0.717) is 0 Å². The molecule has 4 heteroatoms. The second kappa shape index (κ2) is 6.12. The van der Waals surface area contributed by atoms with E-state index in [2.05, 4.69) is 5.32 Å². The molecule has 2 rings (SSSR count). The van der Waals surface area contributed by atoms with Gasteiger partial charge in [0.05, 0.1) is 12.7 Å². The molecule has 1 aromatic carbocycles. The van der Waals surface area contributed by atoms with Crippen molar-refractivity contribution >= 4 is 11.6 Å². The summed E-state index contributed by atoms with van der Waals surface area (Å²) in [6.07, 6.45) is 4.31. The third kappa shape index (κ3) is 2.88. The molecule has 0 aliphatic heterocycles. The lowest BCUT2D eigenvalue weighted by molar-refractivity contribution is -0.0967. The van der Waals surface area contributed by atoms with Gasteiger partial charge in [0, 0.05) is 18.2 Å². The predicted molar refractivity (Wildman–Crippen MR) is 78.1 cm³/mol. The summed E-state index contributed by atoms with van der Waals surface area (Å²) in [5, 5.41) is 4.13. The molecule has 1 N–H and O–H groups in total. The monoisotopic (exact) mass is 283 g/mol. The average Bonchev–Trinajstić information content (AvgIpc) is 2.37. The number of benzene rings is 1. The van der Waals surface area contributed by atoms with Gasteiger partial charge in [-0.05, 0) is 56.5 Å². The number of hydrogen-bond acceptors (Lipinski definition) is 3. The summed E-state index contributed by atoms with van der Waals surface area (Å²) in [6, 6.07) is 6.03. The van der Waals surface area contributed by atoms with Gasteiger partial charge in [0.2, 0.25) is 0 Å². The Kier molecular flexibility index (Phi) is 4.71. The Morgan fingerprint density at radius 2 is 2.11 bits per heavy atom. The van der Waals surface area contributed by atoms with Gasteiger partial charge in [0.1, 0.15) is 5.75 Å². The second-order valence-electron chi connectivity index (χ2n) is 5.12. The minimum absolute atomic E-state index is 0.0396. The van der Waals surface area contributed by atoms with Gasteiger partial charge in [-0.3, -0.25) is 0 Å². The van der Waals surface area contributed by atoms with Gasteiger partial charge < -0.3 is 14.8 Å². The van der Waals surface area contributed by atoms with E-state index in [0.717, 1.165) is 35.6 Å². The maximum Gasteiger partial charge on any atom is 0.122 e. The number of methoxy groups -OCH3 is 2. The molecule has 0 amide bonds. The summed E-state index contributed by atoms with van der Waals surface area (Å²) < 4.78 is 11.2. The van der Waals surface area contributed by atoms with Gasteiger partial charge in [0.25, 0.3) is 0 Å². The lowest BCUT2D eigenvalue weighted by Crippen LogP contribution is -2.56. The molecule has 1 saturated carbocycles. The molecular weight excluding hydrogens is 262 g/mol. The second-order valence-corrected chi connectivity index (χ2v) is 5.56. The van der Waals surface area contributed by atoms with E-state index < -0.39 is 0 Å². The zero-order valence-corrected chi connectivity index (χ0v) is 12.6. The Morgan fingerprint density at radius 3 is 2.58 bits per heavy atom. The van der Waals surface area contributed by atoms with Crippen molar-refractivity contribution < 1.29 is 9.47 Å². The zero-order chi connectivity index (χ0) is 13.9. The third-order valence-corrected chi connectivity index (χ3v) is 4.49. The maximum atomic E-state index is 6.09. The molecule has 0 saturated heterocycles. The molecule has 0 radical (unpaired) electrons. The van der Waals surface area contributed by atoms with Crippen molar-refractivity contribution in [2.75, 3.05) is 21.3 Å². The van der Waals surface area contributed by atoms with Crippen LogP contribution in [0.1, 0.15) is 24.8 Å². The van der Waals surface area contributed by atoms with Gasteiger partial charge in [-0.25, -0.2) is 0 Å². The molecule has 1 fully saturated rings. The Balaban J connectivity index is 2.20. The highest BCUT2D eigenvalue weighted by Gasteiger charge is 2.43. The van der Waals surface area contributed by atoms with Crippen LogP contribution in [0.15, 0.2) is 18.2 Å². The zero-order valence-electron chi connectivity index (χ0n) is 11.8. The van der Waals surface area contributed by atoms with Crippen LogP contribution in [0.4, 0.5) is 0 Å². The van der Waals surface area contributed by atoms with E-state index in [1.165, 1.54) is 6.42 Å². The summed E-state index contributed by atoms with van der Waals surface area (Å²) in [5.74, 6) is 0.884. The van der Waals surface area contributed by atoms with Gasteiger partial charge in [-0.15, -0.1) is 0 Å². The van der Waals surface area contributed by atoms with Gasteiger partial charge in [0.15, 0.2) is 0 Å². The summed E-state index contributed by atoms with van der Waals surface area (Å²) >= 11 is 6.09. The molecule has 0 bridgehead atoms. The Morgan fingerprint density at radius 1 is 1.37 bits per heavy atom. The number of ether oxygens (including phenoxy) is 2. The predicted octanol–water partition coefficient (Wildman–Crippen LogP) is 3.05. The van der Waals surface area contributed by atoms with Crippen LogP contribution in [0.5, 0.6) is 5.75 Å². The van der Waals surface area contributed by atoms with Crippen LogP contribution in [-0.2, 0) is 11.2 Å². The fraction of sp³-hybridized carbons (Fsp3) is 0.600. The Labute approximate surface area is 120 Å². The molecule has 1 aliphatic carbocycles. The summed E-state index contributed by atoms with van der Waals surface area (Å²) in [6.45, 7) is 0. The van der Waals surface area contributed by atoms with Crippen LogP contribution in [0.3, 0.4) is 0 Å². The smallest absolute Gasteiger partial charge is 0.122 e. The summed E-state index contributed by atoms with van der Waals surface area (Å²) in [5.41, 5.74) is 1.08. The van der Waals surface area contributed by atoms with E-state index in [1.54, 1.807) is 14.2 Å². The Hall–Kier alpha value is -0.770. The average molecular weight is 284 g/mol. The fourth-order valence-electron chi connectivity index (χ4n) is 2.90. The van der Waals surface area contributed by atoms with Gasteiger partial charge >= 0.3 is 0 Å². The topological polar surface area (TPSA) is 30.5 Å². The van der Waals surface area contributed by atoms with E-state index in [-0.39, 0.29) is 11.6 Å². The fourth-order valence-corrected chi connectivity index (χ4v) is 3.09. The molecule has 1 atom stereocenters. The van der Waals surface area contributed by atoms with Crippen LogP contribution in [0.25, 0.3) is 0 Å². The first-order valence-electron chi connectivity index (χ1n) is 6.70. The van der Waals surface area contributed by atoms with Crippen molar-refractivity contribution in [3.8, 4) is 5.75 Å².